The number of amides is 1. The van der Waals surface area contributed by atoms with Crippen LogP contribution >= 0.6 is 11.8 Å². The summed E-state index contributed by atoms with van der Waals surface area (Å²) in [5.41, 5.74) is 0.573. The summed E-state index contributed by atoms with van der Waals surface area (Å²) >= 11 is 1.32. The molecule has 0 aliphatic rings. The van der Waals surface area contributed by atoms with Gasteiger partial charge in [0.05, 0.1) is 5.25 Å². The molecule has 22 heavy (non-hydrogen) atoms. The van der Waals surface area contributed by atoms with E-state index < -0.39 is 0 Å². The molecule has 2 aromatic rings. The number of rotatable bonds is 6. The number of aromatic amines is 1. The number of nitrogens with zero attached hydrogens (tertiary/aromatic N) is 2. The van der Waals surface area contributed by atoms with Crippen LogP contribution in [0.25, 0.3) is 0 Å². The van der Waals surface area contributed by atoms with Gasteiger partial charge in [-0.15, -0.1) is 5.10 Å². The first kappa shape index (κ1) is 16.5. The Balaban J connectivity index is 2.00. The van der Waals surface area contributed by atoms with Crippen LogP contribution in [0.2, 0.25) is 0 Å². The number of halogens is 1. The van der Waals surface area contributed by atoms with Gasteiger partial charge < -0.3 is 5.32 Å². The number of carbonyl (C=O) groups is 1. The van der Waals surface area contributed by atoms with E-state index in [4.69, 9.17) is 0 Å². The molecule has 0 unspecified atom stereocenters. The molecule has 0 saturated heterocycles. The number of thioether (sulfide) groups is 1. The summed E-state index contributed by atoms with van der Waals surface area (Å²) in [6.07, 6.45) is 0.642. The molecule has 0 aliphatic heterocycles. The zero-order valence-electron chi connectivity index (χ0n) is 12.8. The Hall–Kier alpha value is -1.89. The van der Waals surface area contributed by atoms with Gasteiger partial charge in [-0.1, -0.05) is 32.5 Å². The number of nitrogens with one attached hydrogen (secondary N) is 2. The van der Waals surface area contributed by atoms with Gasteiger partial charge in [-0.3, -0.25) is 9.89 Å². The van der Waals surface area contributed by atoms with Crippen LogP contribution < -0.4 is 5.32 Å². The predicted molar refractivity (Wildman–Crippen MR) is 85.4 cm³/mol. The van der Waals surface area contributed by atoms with Crippen molar-refractivity contribution < 1.29 is 9.18 Å². The summed E-state index contributed by atoms with van der Waals surface area (Å²) in [5.74, 6) is 0.586. The Labute approximate surface area is 133 Å². The van der Waals surface area contributed by atoms with E-state index in [1.165, 1.54) is 36.0 Å². The molecule has 1 aromatic heterocycles. The van der Waals surface area contributed by atoms with Crippen LogP contribution in [0.5, 0.6) is 0 Å². The lowest BCUT2D eigenvalue weighted by Crippen LogP contribution is -2.24. The second-order valence-electron chi connectivity index (χ2n) is 5.17. The fourth-order valence-corrected chi connectivity index (χ4v) is 2.61. The Morgan fingerprint density at radius 3 is 2.59 bits per heavy atom. The second-order valence-corrected chi connectivity index (χ2v) is 6.34. The number of hydrogen-bond donors (Lipinski definition) is 2. The van der Waals surface area contributed by atoms with Crippen LogP contribution in [0, 0.1) is 5.82 Å². The molecule has 1 amide bonds. The van der Waals surface area contributed by atoms with Crippen molar-refractivity contribution in [1.29, 1.82) is 0 Å². The third-order valence-electron chi connectivity index (χ3n) is 3.05. The standard InChI is InChI=1S/C15H19FN4OS/c1-4-12(22-15-18-13(9(2)3)19-20-15)14(21)17-11-7-5-10(16)6-8-11/h5-9,12H,4H2,1-3H3,(H,17,21)(H,18,19,20)/t12-/m0/s1. The van der Waals surface area contributed by atoms with Crippen LogP contribution in [0.3, 0.4) is 0 Å². The molecule has 1 atom stereocenters. The molecular formula is C15H19FN4OS. The maximum absolute atomic E-state index is 12.9. The van der Waals surface area contributed by atoms with Crippen molar-refractivity contribution >= 4 is 23.4 Å². The average molecular weight is 322 g/mol. The minimum atomic E-state index is -0.332. The highest BCUT2D eigenvalue weighted by Crippen LogP contribution is 2.24. The highest BCUT2D eigenvalue weighted by Gasteiger charge is 2.20. The lowest BCUT2D eigenvalue weighted by molar-refractivity contribution is -0.115. The molecule has 2 N–H and O–H groups in total. The van der Waals surface area contributed by atoms with E-state index in [1.54, 1.807) is 0 Å². The van der Waals surface area contributed by atoms with Gasteiger partial charge in [0, 0.05) is 11.6 Å². The van der Waals surface area contributed by atoms with Crippen LogP contribution in [0.4, 0.5) is 10.1 Å². The molecule has 0 aliphatic carbocycles. The Bertz CT molecular complexity index is 627. The summed E-state index contributed by atoms with van der Waals surface area (Å²) in [4.78, 5) is 16.6. The smallest absolute Gasteiger partial charge is 0.237 e. The molecule has 118 valence electrons. The molecule has 0 spiro atoms. The van der Waals surface area contributed by atoms with Crippen molar-refractivity contribution in [2.45, 2.75) is 43.5 Å². The zero-order chi connectivity index (χ0) is 16.1. The van der Waals surface area contributed by atoms with Crippen molar-refractivity contribution in [1.82, 2.24) is 15.2 Å². The molecule has 1 aromatic carbocycles. The lowest BCUT2D eigenvalue weighted by Gasteiger charge is -2.12. The summed E-state index contributed by atoms with van der Waals surface area (Å²) < 4.78 is 12.9. The molecule has 0 radical (unpaired) electrons. The predicted octanol–water partition coefficient (Wildman–Crippen LogP) is 3.58. The first-order chi connectivity index (χ1) is 10.5. The average Bonchev–Trinajstić information content (AvgIpc) is 2.96. The van der Waals surface area contributed by atoms with Gasteiger partial charge in [0.1, 0.15) is 11.6 Å². The fraction of sp³-hybridized carbons (Fsp3) is 0.400. The molecule has 0 bridgehead atoms. The number of benzene rings is 1. The zero-order valence-corrected chi connectivity index (χ0v) is 13.6. The van der Waals surface area contributed by atoms with Gasteiger partial charge in [0.15, 0.2) is 0 Å². The van der Waals surface area contributed by atoms with Gasteiger partial charge in [-0.25, -0.2) is 9.37 Å². The number of hydrogen-bond acceptors (Lipinski definition) is 4. The van der Waals surface area contributed by atoms with Gasteiger partial charge >= 0.3 is 0 Å². The number of anilines is 1. The largest absolute Gasteiger partial charge is 0.325 e. The van der Waals surface area contributed by atoms with E-state index in [-0.39, 0.29) is 22.9 Å². The molecule has 5 nitrogen and oxygen atoms in total. The molecule has 1 heterocycles. The van der Waals surface area contributed by atoms with E-state index in [0.717, 1.165) is 5.82 Å². The summed E-state index contributed by atoms with van der Waals surface area (Å²) in [7, 11) is 0. The van der Waals surface area contributed by atoms with Crippen LogP contribution in [-0.2, 0) is 4.79 Å². The molecule has 7 heteroatoms. The normalized spacial score (nSPS) is 12.4. The Morgan fingerprint density at radius 2 is 2.05 bits per heavy atom. The maximum atomic E-state index is 12.9. The highest BCUT2D eigenvalue weighted by atomic mass is 32.2. The minimum Gasteiger partial charge on any atom is -0.325 e. The van der Waals surface area contributed by atoms with Crippen molar-refractivity contribution in [2.24, 2.45) is 0 Å². The van der Waals surface area contributed by atoms with Gasteiger partial charge in [-0.2, -0.15) is 0 Å². The maximum Gasteiger partial charge on any atom is 0.237 e. The quantitative estimate of drug-likeness (QED) is 0.798. The van der Waals surface area contributed by atoms with Gasteiger partial charge in [0.25, 0.3) is 0 Å². The first-order valence-corrected chi connectivity index (χ1v) is 8.03. The van der Waals surface area contributed by atoms with E-state index >= 15 is 0 Å². The van der Waals surface area contributed by atoms with Crippen LogP contribution in [0.15, 0.2) is 29.4 Å². The van der Waals surface area contributed by atoms with Crippen LogP contribution in [0.1, 0.15) is 38.9 Å². The van der Waals surface area contributed by atoms with E-state index in [9.17, 15) is 9.18 Å². The lowest BCUT2D eigenvalue weighted by atomic mass is 10.2. The Kier molecular flexibility index (Phi) is 5.54. The van der Waals surface area contributed by atoms with Crippen LogP contribution in [-0.4, -0.2) is 26.3 Å². The van der Waals surface area contributed by atoms with Gasteiger partial charge in [-0.05, 0) is 30.7 Å². The first-order valence-electron chi connectivity index (χ1n) is 7.15. The second kappa shape index (κ2) is 7.40. The van der Waals surface area contributed by atoms with Crippen molar-refractivity contribution in [2.75, 3.05) is 5.32 Å². The highest BCUT2D eigenvalue weighted by molar-refractivity contribution is 8.00. The topological polar surface area (TPSA) is 70.7 Å². The van der Waals surface area contributed by atoms with E-state index in [1.807, 2.05) is 20.8 Å². The molecular weight excluding hydrogens is 303 g/mol. The summed E-state index contributed by atoms with van der Waals surface area (Å²) in [6, 6.07) is 5.70. The third kappa shape index (κ3) is 4.30. The summed E-state index contributed by atoms with van der Waals surface area (Å²) in [5, 5.41) is 10.0. The molecule has 2 rings (SSSR count). The van der Waals surface area contributed by atoms with E-state index in [2.05, 4.69) is 20.5 Å². The minimum absolute atomic E-state index is 0.144. The number of aromatic nitrogens is 3. The Morgan fingerprint density at radius 1 is 1.36 bits per heavy atom. The fourth-order valence-electron chi connectivity index (χ4n) is 1.77. The third-order valence-corrected chi connectivity index (χ3v) is 4.28. The van der Waals surface area contributed by atoms with E-state index in [0.29, 0.717) is 17.3 Å². The number of carbonyl (C=O) groups excluding carboxylic acids is 1. The monoisotopic (exact) mass is 322 g/mol. The van der Waals surface area contributed by atoms with Crippen molar-refractivity contribution in [3.05, 3.63) is 35.9 Å². The molecule has 0 fully saturated rings. The number of H-pyrrole nitrogens is 1. The van der Waals surface area contributed by atoms with Gasteiger partial charge in [0.2, 0.25) is 11.1 Å². The molecule has 0 saturated carbocycles. The van der Waals surface area contributed by atoms with Crippen molar-refractivity contribution in [3.63, 3.8) is 0 Å². The SMILES string of the molecule is CC[C@H](Sc1n[nH]c(C(C)C)n1)C(=O)Nc1ccc(F)cc1. The summed E-state index contributed by atoms with van der Waals surface area (Å²) in [6.45, 7) is 5.97. The van der Waals surface area contributed by atoms with Crippen molar-refractivity contribution in [3.8, 4) is 0 Å².